The van der Waals surface area contributed by atoms with Crippen LogP contribution in [0.15, 0.2) is 30.5 Å². The lowest BCUT2D eigenvalue weighted by Gasteiger charge is -2.22. The molecule has 0 fully saturated rings. The van der Waals surface area contributed by atoms with E-state index in [9.17, 15) is 13.2 Å². The Kier molecular flexibility index (Phi) is 8.08. The zero-order chi connectivity index (χ0) is 20.6. The van der Waals surface area contributed by atoms with Crippen molar-refractivity contribution in [2.24, 2.45) is 0 Å². The highest BCUT2D eigenvalue weighted by atomic mass is 19.4. The highest BCUT2D eigenvalue weighted by Gasteiger charge is 2.36. The van der Waals surface area contributed by atoms with Gasteiger partial charge in [0.15, 0.2) is 0 Å². The highest BCUT2D eigenvalue weighted by Crippen LogP contribution is 2.36. The number of unbranched alkanes of at least 4 members (excludes halogenated alkanes) is 3. The van der Waals surface area contributed by atoms with Gasteiger partial charge in [0, 0.05) is 18.9 Å². The van der Waals surface area contributed by atoms with Crippen molar-refractivity contribution in [2.75, 3.05) is 18.6 Å². The molecule has 1 heterocycles. The zero-order valence-corrected chi connectivity index (χ0v) is 16.7. The summed E-state index contributed by atoms with van der Waals surface area (Å²) in [6.45, 7) is 4.36. The number of hydrogen-bond acceptors (Lipinski definition) is 4. The summed E-state index contributed by atoms with van der Waals surface area (Å²) in [4.78, 5) is 9.77. The van der Waals surface area contributed by atoms with Gasteiger partial charge in [-0.25, -0.2) is 4.98 Å². The van der Waals surface area contributed by atoms with Crippen molar-refractivity contribution < 1.29 is 17.9 Å². The van der Waals surface area contributed by atoms with Crippen LogP contribution in [0.25, 0.3) is 0 Å². The number of alkyl halides is 3. The fourth-order valence-corrected chi connectivity index (χ4v) is 2.95. The van der Waals surface area contributed by atoms with Crippen LogP contribution in [0.4, 0.5) is 24.8 Å². The van der Waals surface area contributed by atoms with Crippen molar-refractivity contribution in [3.63, 3.8) is 0 Å². The molecule has 0 radical (unpaired) electrons. The maximum Gasteiger partial charge on any atom is 0.423 e. The largest absolute Gasteiger partial charge is 0.477 e. The van der Waals surface area contributed by atoms with Gasteiger partial charge in [0.25, 0.3) is 0 Å². The van der Waals surface area contributed by atoms with E-state index in [1.807, 2.05) is 24.3 Å². The van der Waals surface area contributed by atoms with Crippen molar-refractivity contribution in [3.8, 4) is 5.88 Å². The molecule has 0 unspecified atom stereocenters. The van der Waals surface area contributed by atoms with Crippen LogP contribution in [-0.2, 0) is 12.6 Å². The van der Waals surface area contributed by atoms with E-state index >= 15 is 0 Å². The summed E-state index contributed by atoms with van der Waals surface area (Å²) in [5, 5.41) is 0. The van der Waals surface area contributed by atoms with Gasteiger partial charge >= 0.3 is 6.18 Å². The fraction of sp³-hybridized carbons (Fsp3) is 0.524. The van der Waals surface area contributed by atoms with Crippen molar-refractivity contribution in [3.05, 3.63) is 41.6 Å². The number of nitrogens with zero attached hydrogens (tertiary/aromatic N) is 3. The zero-order valence-electron chi connectivity index (χ0n) is 16.7. The maximum absolute atomic E-state index is 13.3. The number of aromatic nitrogens is 2. The molecule has 0 spiro atoms. The molecular formula is C21H28F3N3O. The minimum atomic E-state index is -4.56. The molecule has 7 heteroatoms. The molecule has 28 heavy (non-hydrogen) atoms. The Hall–Kier alpha value is -2.31. The third-order valence-corrected chi connectivity index (χ3v) is 4.46. The standard InChI is InChI=1S/C21H28F3N3O/c1-4-6-7-10-14-28-19-17(21(22,23)24)15-25-20(26-19)27(3)18-13-9-8-12-16(18)11-5-2/h8-9,12-13,15H,4-7,10-11,14H2,1-3H3. The van der Waals surface area contributed by atoms with Gasteiger partial charge in [0.1, 0.15) is 5.56 Å². The summed E-state index contributed by atoms with van der Waals surface area (Å²) in [6, 6.07) is 7.75. The van der Waals surface area contributed by atoms with Gasteiger partial charge in [-0.2, -0.15) is 18.2 Å². The van der Waals surface area contributed by atoms with Gasteiger partial charge in [-0.3, -0.25) is 0 Å². The third kappa shape index (κ3) is 5.84. The quantitative estimate of drug-likeness (QED) is 0.451. The Bertz CT molecular complexity index is 750. The molecule has 0 bridgehead atoms. The third-order valence-electron chi connectivity index (χ3n) is 4.46. The number of anilines is 2. The van der Waals surface area contributed by atoms with Crippen LogP contribution >= 0.6 is 0 Å². The molecule has 0 saturated heterocycles. The first-order valence-electron chi connectivity index (χ1n) is 9.77. The fourth-order valence-electron chi connectivity index (χ4n) is 2.95. The first kappa shape index (κ1) is 22.0. The summed E-state index contributed by atoms with van der Waals surface area (Å²) in [6.07, 6.45) is 1.76. The number of aryl methyl sites for hydroxylation is 1. The van der Waals surface area contributed by atoms with E-state index in [0.717, 1.165) is 49.6 Å². The monoisotopic (exact) mass is 395 g/mol. The van der Waals surface area contributed by atoms with Crippen LogP contribution in [0.1, 0.15) is 57.1 Å². The van der Waals surface area contributed by atoms with E-state index in [1.165, 1.54) is 0 Å². The predicted octanol–water partition coefficient (Wildman–Crippen LogP) is 6.17. The van der Waals surface area contributed by atoms with Gasteiger partial charge in [-0.1, -0.05) is 57.7 Å². The molecule has 2 aromatic rings. The first-order chi connectivity index (χ1) is 13.4. The Labute approximate surface area is 164 Å². The topological polar surface area (TPSA) is 38.2 Å². The van der Waals surface area contributed by atoms with Crippen LogP contribution < -0.4 is 9.64 Å². The summed E-state index contributed by atoms with van der Waals surface area (Å²) in [5.74, 6) is -0.228. The average Bonchev–Trinajstić information content (AvgIpc) is 2.67. The Balaban J connectivity index is 2.28. The molecule has 0 aliphatic rings. The highest BCUT2D eigenvalue weighted by molar-refractivity contribution is 5.61. The van der Waals surface area contributed by atoms with Gasteiger partial charge in [0.05, 0.1) is 6.61 Å². The molecular weight excluding hydrogens is 367 g/mol. The predicted molar refractivity (Wildman–Crippen MR) is 105 cm³/mol. The van der Waals surface area contributed by atoms with Crippen molar-refractivity contribution in [1.82, 2.24) is 9.97 Å². The minimum absolute atomic E-state index is 0.181. The first-order valence-corrected chi connectivity index (χ1v) is 9.77. The maximum atomic E-state index is 13.3. The van der Waals surface area contributed by atoms with Gasteiger partial charge in [0.2, 0.25) is 11.8 Å². The molecule has 0 atom stereocenters. The van der Waals surface area contributed by atoms with Crippen LogP contribution in [0.2, 0.25) is 0 Å². The number of hydrogen-bond donors (Lipinski definition) is 0. The summed E-state index contributed by atoms with van der Waals surface area (Å²) >= 11 is 0. The van der Waals surface area contributed by atoms with E-state index in [-0.39, 0.29) is 12.6 Å². The second-order valence-electron chi connectivity index (χ2n) is 6.73. The lowest BCUT2D eigenvalue weighted by molar-refractivity contribution is -0.139. The molecule has 154 valence electrons. The molecule has 2 rings (SSSR count). The normalized spacial score (nSPS) is 11.5. The van der Waals surface area contributed by atoms with Crippen LogP contribution in [-0.4, -0.2) is 23.6 Å². The van der Waals surface area contributed by atoms with E-state index in [0.29, 0.717) is 6.42 Å². The number of ether oxygens (including phenoxy) is 1. The van der Waals surface area contributed by atoms with Crippen molar-refractivity contribution >= 4 is 11.6 Å². The lowest BCUT2D eigenvalue weighted by Crippen LogP contribution is -2.18. The molecule has 4 nitrogen and oxygen atoms in total. The van der Waals surface area contributed by atoms with Gasteiger partial charge in [-0.15, -0.1) is 0 Å². The van der Waals surface area contributed by atoms with Gasteiger partial charge in [-0.05, 0) is 24.5 Å². The molecule has 0 aliphatic carbocycles. The minimum Gasteiger partial charge on any atom is -0.477 e. The van der Waals surface area contributed by atoms with E-state index < -0.39 is 17.6 Å². The summed E-state index contributed by atoms with van der Waals surface area (Å²) in [7, 11) is 1.75. The Morgan fingerprint density at radius 2 is 1.79 bits per heavy atom. The smallest absolute Gasteiger partial charge is 0.423 e. The Morgan fingerprint density at radius 1 is 1.04 bits per heavy atom. The summed E-state index contributed by atoms with van der Waals surface area (Å²) < 4.78 is 45.4. The summed E-state index contributed by atoms with van der Waals surface area (Å²) in [5.41, 5.74) is 1.03. The number of para-hydroxylation sites is 1. The second kappa shape index (κ2) is 10.3. The van der Waals surface area contributed by atoms with Crippen LogP contribution in [0.3, 0.4) is 0 Å². The number of rotatable bonds is 10. The lowest BCUT2D eigenvalue weighted by atomic mass is 10.1. The van der Waals surface area contributed by atoms with E-state index in [4.69, 9.17) is 4.74 Å². The van der Waals surface area contributed by atoms with Crippen molar-refractivity contribution in [2.45, 2.75) is 58.5 Å². The van der Waals surface area contributed by atoms with E-state index in [2.05, 4.69) is 23.8 Å². The number of halogens is 3. The van der Waals surface area contributed by atoms with Gasteiger partial charge < -0.3 is 9.64 Å². The SMILES string of the molecule is CCCCCCOc1nc(N(C)c2ccccc2CCC)ncc1C(F)(F)F. The van der Waals surface area contributed by atoms with E-state index in [1.54, 1.807) is 11.9 Å². The van der Waals surface area contributed by atoms with Crippen LogP contribution in [0, 0.1) is 0 Å². The molecule has 1 aromatic carbocycles. The Morgan fingerprint density at radius 3 is 2.46 bits per heavy atom. The van der Waals surface area contributed by atoms with Crippen molar-refractivity contribution in [1.29, 1.82) is 0 Å². The average molecular weight is 395 g/mol. The molecule has 0 aliphatic heterocycles. The molecule has 0 N–H and O–H groups in total. The molecule has 1 aromatic heterocycles. The van der Waals surface area contributed by atoms with Crippen LogP contribution in [0.5, 0.6) is 5.88 Å². The molecule has 0 saturated carbocycles. The second-order valence-corrected chi connectivity index (χ2v) is 6.73. The number of benzene rings is 1. The molecule has 0 amide bonds.